The van der Waals surface area contributed by atoms with E-state index in [1.165, 1.54) is 6.08 Å². The van der Waals surface area contributed by atoms with Gasteiger partial charge in [0.1, 0.15) is 5.70 Å². The van der Waals surface area contributed by atoms with Crippen LogP contribution >= 0.6 is 11.6 Å². The quantitative estimate of drug-likeness (QED) is 0.524. The molecule has 0 atom stereocenters. The minimum atomic E-state index is -0.371. The Bertz CT molecular complexity index is 812. The molecule has 0 aliphatic heterocycles. The molecule has 4 nitrogen and oxygen atoms in total. The Morgan fingerprint density at radius 3 is 2.37 bits per heavy atom. The van der Waals surface area contributed by atoms with Gasteiger partial charge >= 0.3 is 0 Å². The molecule has 140 valence electrons. The van der Waals surface area contributed by atoms with Crippen molar-refractivity contribution < 1.29 is 9.59 Å². The molecule has 0 spiro atoms. The van der Waals surface area contributed by atoms with Gasteiger partial charge in [-0.2, -0.15) is 0 Å². The molecule has 0 heterocycles. The molecule has 0 saturated heterocycles. The summed E-state index contributed by atoms with van der Waals surface area (Å²) in [6.45, 7) is 2.61. The Morgan fingerprint density at radius 1 is 1.00 bits per heavy atom. The molecule has 2 aromatic carbocycles. The Labute approximate surface area is 164 Å². The lowest BCUT2D eigenvalue weighted by Gasteiger charge is -2.10. The maximum absolute atomic E-state index is 12.5. The van der Waals surface area contributed by atoms with E-state index in [1.54, 1.807) is 36.4 Å². The number of hydrogen-bond acceptors (Lipinski definition) is 2. The number of benzene rings is 2. The molecular weight excluding hydrogens is 360 g/mol. The first-order valence-electron chi connectivity index (χ1n) is 8.88. The lowest BCUT2D eigenvalue weighted by Crippen LogP contribution is -2.34. The summed E-state index contributed by atoms with van der Waals surface area (Å²) in [4.78, 5) is 24.7. The van der Waals surface area contributed by atoms with E-state index in [0.29, 0.717) is 11.6 Å². The Balaban J connectivity index is 2.13. The molecule has 0 saturated carbocycles. The highest BCUT2D eigenvalue weighted by molar-refractivity contribution is 6.30. The van der Waals surface area contributed by atoms with Gasteiger partial charge in [-0.25, -0.2) is 0 Å². The minimum Gasteiger partial charge on any atom is -0.351 e. The largest absolute Gasteiger partial charge is 0.351 e. The van der Waals surface area contributed by atoms with Crippen molar-refractivity contribution in [2.75, 3.05) is 6.54 Å². The fourth-order valence-corrected chi connectivity index (χ4v) is 2.39. The second kappa shape index (κ2) is 11.0. The van der Waals surface area contributed by atoms with Crippen LogP contribution in [0.2, 0.25) is 5.02 Å². The molecular formula is C22H23ClN2O2. The second-order valence-corrected chi connectivity index (χ2v) is 6.39. The summed E-state index contributed by atoms with van der Waals surface area (Å²) in [7, 11) is 0. The number of carbonyl (C=O) groups is 2. The molecule has 0 fully saturated rings. The van der Waals surface area contributed by atoms with Crippen LogP contribution in [0.3, 0.4) is 0 Å². The molecule has 5 heteroatoms. The maximum atomic E-state index is 12.5. The Kier molecular flexibility index (Phi) is 8.33. The summed E-state index contributed by atoms with van der Waals surface area (Å²) in [5.41, 5.74) is 1.87. The Morgan fingerprint density at radius 2 is 1.70 bits per heavy atom. The zero-order valence-electron chi connectivity index (χ0n) is 15.2. The topological polar surface area (TPSA) is 58.2 Å². The molecule has 0 aromatic heterocycles. The smallest absolute Gasteiger partial charge is 0.267 e. The van der Waals surface area contributed by atoms with Crippen LogP contribution in [0.4, 0.5) is 0 Å². The first kappa shape index (κ1) is 20.5. The van der Waals surface area contributed by atoms with Crippen molar-refractivity contribution in [3.8, 4) is 0 Å². The molecule has 0 radical (unpaired) electrons. The molecule has 0 unspecified atom stereocenters. The van der Waals surface area contributed by atoms with E-state index in [9.17, 15) is 9.59 Å². The van der Waals surface area contributed by atoms with Crippen LogP contribution in [0.5, 0.6) is 0 Å². The normalized spacial score (nSPS) is 11.4. The molecule has 0 aliphatic carbocycles. The van der Waals surface area contributed by atoms with Gasteiger partial charge in [-0.3, -0.25) is 9.59 Å². The van der Waals surface area contributed by atoms with Crippen LogP contribution in [0.15, 0.2) is 66.4 Å². The molecule has 2 N–H and O–H groups in total. The lowest BCUT2D eigenvalue weighted by atomic mass is 10.1. The number of halogens is 1. The number of carbonyl (C=O) groups excluding carboxylic acids is 2. The van der Waals surface area contributed by atoms with Gasteiger partial charge in [-0.1, -0.05) is 67.4 Å². The zero-order valence-corrected chi connectivity index (χ0v) is 16.0. The second-order valence-electron chi connectivity index (χ2n) is 5.95. The molecule has 2 aromatic rings. The number of rotatable bonds is 8. The van der Waals surface area contributed by atoms with Crippen LogP contribution in [0.1, 0.15) is 30.9 Å². The molecule has 27 heavy (non-hydrogen) atoms. The van der Waals surface area contributed by atoms with Crippen LogP contribution < -0.4 is 10.6 Å². The summed E-state index contributed by atoms with van der Waals surface area (Å²) in [5, 5.41) is 6.10. The third kappa shape index (κ3) is 7.50. The third-order valence-electron chi connectivity index (χ3n) is 3.73. The average Bonchev–Trinajstić information content (AvgIpc) is 2.68. The van der Waals surface area contributed by atoms with Gasteiger partial charge in [0, 0.05) is 17.6 Å². The maximum Gasteiger partial charge on any atom is 0.267 e. The van der Waals surface area contributed by atoms with Gasteiger partial charge in [-0.05, 0) is 41.8 Å². The highest BCUT2D eigenvalue weighted by atomic mass is 35.5. The summed E-state index contributed by atoms with van der Waals surface area (Å²) >= 11 is 5.90. The standard InChI is InChI=1S/C22H23ClN2O2/c1-2-3-15-24-22(27)20(16-18-9-12-19(23)13-10-18)25-21(26)14-11-17-7-5-4-6-8-17/h4-14,16H,2-3,15H2,1H3,(H,24,27)(H,25,26)/b14-11+,20-16+. The van der Waals surface area contributed by atoms with Gasteiger partial charge in [0.15, 0.2) is 0 Å². The first-order valence-corrected chi connectivity index (χ1v) is 9.26. The molecule has 0 bridgehead atoms. The van der Waals surface area contributed by atoms with Crippen molar-refractivity contribution in [3.63, 3.8) is 0 Å². The van der Waals surface area contributed by atoms with E-state index in [4.69, 9.17) is 11.6 Å². The van der Waals surface area contributed by atoms with Gasteiger partial charge in [-0.15, -0.1) is 0 Å². The van der Waals surface area contributed by atoms with Crippen LogP contribution in [-0.4, -0.2) is 18.4 Å². The lowest BCUT2D eigenvalue weighted by molar-refractivity contribution is -0.121. The van der Waals surface area contributed by atoms with Gasteiger partial charge in [0.2, 0.25) is 5.91 Å². The zero-order chi connectivity index (χ0) is 19.5. The number of amides is 2. The van der Waals surface area contributed by atoms with Crippen molar-refractivity contribution in [1.82, 2.24) is 10.6 Å². The van der Waals surface area contributed by atoms with E-state index < -0.39 is 0 Å². The highest BCUT2D eigenvalue weighted by Gasteiger charge is 2.11. The molecule has 0 aliphatic rings. The van der Waals surface area contributed by atoms with E-state index >= 15 is 0 Å². The van der Waals surface area contributed by atoms with Gasteiger partial charge in [0.25, 0.3) is 5.91 Å². The highest BCUT2D eigenvalue weighted by Crippen LogP contribution is 2.12. The number of hydrogen-bond donors (Lipinski definition) is 2. The summed E-state index contributed by atoms with van der Waals surface area (Å²) < 4.78 is 0. The summed E-state index contributed by atoms with van der Waals surface area (Å²) in [6.07, 6.45) is 6.59. The van der Waals surface area contributed by atoms with Gasteiger partial charge < -0.3 is 10.6 Å². The predicted octanol–water partition coefficient (Wildman–Crippen LogP) is 4.43. The predicted molar refractivity (Wildman–Crippen MR) is 111 cm³/mol. The molecule has 2 rings (SSSR count). The first-order chi connectivity index (χ1) is 13.1. The number of nitrogens with one attached hydrogen (secondary N) is 2. The van der Waals surface area contributed by atoms with Crippen LogP contribution in [0.25, 0.3) is 12.2 Å². The molecule has 2 amide bonds. The minimum absolute atomic E-state index is 0.191. The summed E-state index contributed by atoms with van der Waals surface area (Å²) in [5.74, 6) is -0.690. The fraction of sp³-hybridized carbons (Fsp3) is 0.182. The van der Waals surface area contributed by atoms with Crippen molar-refractivity contribution in [2.45, 2.75) is 19.8 Å². The van der Waals surface area contributed by atoms with E-state index in [0.717, 1.165) is 24.0 Å². The van der Waals surface area contributed by atoms with E-state index in [-0.39, 0.29) is 17.5 Å². The Hall–Kier alpha value is -2.85. The monoisotopic (exact) mass is 382 g/mol. The SMILES string of the molecule is CCCCNC(=O)/C(=C\c1ccc(Cl)cc1)NC(=O)/C=C/c1ccccc1. The third-order valence-corrected chi connectivity index (χ3v) is 3.98. The van der Waals surface area contributed by atoms with Crippen molar-refractivity contribution >= 4 is 35.6 Å². The fourth-order valence-electron chi connectivity index (χ4n) is 2.27. The average molecular weight is 383 g/mol. The van der Waals surface area contributed by atoms with Crippen LogP contribution in [0, 0.1) is 0 Å². The van der Waals surface area contributed by atoms with Crippen molar-refractivity contribution in [1.29, 1.82) is 0 Å². The number of unbranched alkanes of at least 4 members (excludes halogenated alkanes) is 1. The van der Waals surface area contributed by atoms with E-state index in [2.05, 4.69) is 10.6 Å². The van der Waals surface area contributed by atoms with E-state index in [1.807, 2.05) is 37.3 Å². The van der Waals surface area contributed by atoms with Crippen molar-refractivity contribution in [3.05, 3.63) is 82.5 Å². The van der Waals surface area contributed by atoms with Crippen molar-refractivity contribution in [2.24, 2.45) is 0 Å². The van der Waals surface area contributed by atoms with Gasteiger partial charge in [0.05, 0.1) is 0 Å². The summed E-state index contributed by atoms with van der Waals surface area (Å²) in [6, 6.07) is 16.5. The van der Waals surface area contributed by atoms with Crippen LogP contribution in [-0.2, 0) is 9.59 Å².